The van der Waals surface area contributed by atoms with Crippen LogP contribution in [0.5, 0.6) is 0 Å². The first-order chi connectivity index (χ1) is 9.76. The molecule has 0 aromatic rings. The van der Waals surface area contributed by atoms with Crippen molar-refractivity contribution in [2.24, 2.45) is 11.3 Å². The molecule has 2 nitrogen and oxygen atoms in total. The number of hydrogen-bond acceptors (Lipinski definition) is 2. The number of ether oxygens (including phenoxy) is 1. The lowest BCUT2D eigenvalue weighted by atomic mass is 9.55. The van der Waals surface area contributed by atoms with E-state index in [0.29, 0.717) is 17.6 Å². The predicted molar refractivity (Wildman–Crippen MR) is 83.9 cm³/mol. The number of nitrogens with one attached hydrogen (secondary N) is 1. The van der Waals surface area contributed by atoms with Crippen molar-refractivity contribution in [3.05, 3.63) is 0 Å². The molecule has 3 atom stereocenters. The SMILES string of the molecule is CCOC1CC(N[C@H](C)C2CCCC2)C12CCCCC2. The lowest BCUT2D eigenvalue weighted by Crippen LogP contribution is -2.66. The maximum Gasteiger partial charge on any atom is 0.0661 e. The molecule has 0 saturated heterocycles. The summed E-state index contributed by atoms with van der Waals surface area (Å²) in [6.07, 6.45) is 14.7. The fraction of sp³-hybridized carbons (Fsp3) is 1.00. The van der Waals surface area contributed by atoms with Gasteiger partial charge in [-0.15, -0.1) is 0 Å². The fourth-order valence-electron chi connectivity index (χ4n) is 5.21. The van der Waals surface area contributed by atoms with E-state index in [1.54, 1.807) is 0 Å². The summed E-state index contributed by atoms with van der Waals surface area (Å²) in [7, 11) is 0. The van der Waals surface area contributed by atoms with Gasteiger partial charge in [-0.05, 0) is 51.9 Å². The van der Waals surface area contributed by atoms with E-state index in [9.17, 15) is 0 Å². The summed E-state index contributed by atoms with van der Waals surface area (Å²) in [5.74, 6) is 0.932. The van der Waals surface area contributed by atoms with E-state index >= 15 is 0 Å². The van der Waals surface area contributed by atoms with Gasteiger partial charge in [0.2, 0.25) is 0 Å². The molecule has 0 radical (unpaired) electrons. The molecule has 3 rings (SSSR count). The molecule has 0 amide bonds. The summed E-state index contributed by atoms with van der Waals surface area (Å²) < 4.78 is 6.07. The van der Waals surface area contributed by atoms with Crippen molar-refractivity contribution >= 4 is 0 Å². The van der Waals surface area contributed by atoms with Crippen molar-refractivity contribution in [3.8, 4) is 0 Å². The Labute approximate surface area is 125 Å². The van der Waals surface area contributed by atoms with E-state index in [2.05, 4.69) is 19.2 Å². The Kier molecular flexibility index (Phi) is 4.72. The highest BCUT2D eigenvalue weighted by molar-refractivity contribution is 5.09. The van der Waals surface area contributed by atoms with E-state index < -0.39 is 0 Å². The summed E-state index contributed by atoms with van der Waals surface area (Å²) in [5, 5.41) is 4.03. The Hall–Kier alpha value is -0.0800. The van der Waals surface area contributed by atoms with Crippen LogP contribution in [0.1, 0.15) is 78.1 Å². The van der Waals surface area contributed by atoms with Crippen LogP contribution in [-0.4, -0.2) is 24.8 Å². The van der Waals surface area contributed by atoms with E-state index in [1.807, 2.05) is 0 Å². The minimum Gasteiger partial charge on any atom is -0.378 e. The standard InChI is InChI=1S/C18H33NO/c1-3-20-17-13-16(18(17)11-7-4-8-12-18)19-14(2)15-9-5-6-10-15/h14-17,19H,3-13H2,1-2H3/t14-,16?,17?/m1/s1. The summed E-state index contributed by atoms with van der Waals surface area (Å²) in [5.41, 5.74) is 0.487. The van der Waals surface area contributed by atoms with Crippen LogP contribution in [0.15, 0.2) is 0 Å². The maximum absolute atomic E-state index is 6.07. The van der Waals surface area contributed by atoms with E-state index in [-0.39, 0.29) is 0 Å². The molecule has 1 spiro atoms. The summed E-state index contributed by atoms with van der Waals surface area (Å²) in [6, 6.07) is 1.44. The van der Waals surface area contributed by atoms with Crippen molar-refractivity contribution in [1.29, 1.82) is 0 Å². The third-order valence-corrected chi connectivity index (χ3v) is 6.51. The van der Waals surface area contributed by atoms with Crippen LogP contribution in [-0.2, 0) is 4.74 Å². The van der Waals surface area contributed by atoms with Gasteiger partial charge in [0.05, 0.1) is 6.10 Å². The molecule has 20 heavy (non-hydrogen) atoms. The zero-order chi connectivity index (χ0) is 14.0. The summed E-state index contributed by atoms with van der Waals surface area (Å²) in [4.78, 5) is 0. The van der Waals surface area contributed by atoms with E-state index in [0.717, 1.165) is 18.6 Å². The van der Waals surface area contributed by atoms with Crippen LogP contribution in [0.25, 0.3) is 0 Å². The quantitative estimate of drug-likeness (QED) is 0.811. The Morgan fingerprint density at radius 3 is 2.45 bits per heavy atom. The lowest BCUT2D eigenvalue weighted by Gasteiger charge is -2.58. The highest BCUT2D eigenvalue weighted by Crippen LogP contribution is 2.53. The maximum atomic E-state index is 6.07. The zero-order valence-corrected chi connectivity index (χ0v) is 13.5. The number of rotatable bonds is 5. The van der Waals surface area contributed by atoms with Crippen LogP contribution >= 0.6 is 0 Å². The van der Waals surface area contributed by atoms with Gasteiger partial charge in [0.25, 0.3) is 0 Å². The number of hydrogen-bond donors (Lipinski definition) is 1. The molecule has 3 aliphatic rings. The van der Waals surface area contributed by atoms with Crippen molar-refractivity contribution in [1.82, 2.24) is 5.32 Å². The molecular weight excluding hydrogens is 246 g/mol. The van der Waals surface area contributed by atoms with Gasteiger partial charge in [-0.1, -0.05) is 32.1 Å². The molecule has 0 bridgehead atoms. The second-order valence-corrected chi connectivity index (χ2v) is 7.53. The van der Waals surface area contributed by atoms with Crippen molar-refractivity contribution in [3.63, 3.8) is 0 Å². The Morgan fingerprint density at radius 1 is 1.10 bits per heavy atom. The first-order valence-electron chi connectivity index (χ1n) is 9.14. The molecule has 0 heterocycles. The van der Waals surface area contributed by atoms with Crippen LogP contribution in [0, 0.1) is 11.3 Å². The second-order valence-electron chi connectivity index (χ2n) is 7.53. The van der Waals surface area contributed by atoms with Gasteiger partial charge in [-0.3, -0.25) is 0 Å². The minimum atomic E-state index is 0.487. The van der Waals surface area contributed by atoms with Crippen LogP contribution in [0.4, 0.5) is 0 Å². The Morgan fingerprint density at radius 2 is 1.80 bits per heavy atom. The predicted octanol–water partition coefficient (Wildman–Crippen LogP) is 4.28. The highest BCUT2D eigenvalue weighted by atomic mass is 16.5. The van der Waals surface area contributed by atoms with Gasteiger partial charge in [-0.2, -0.15) is 0 Å². The minimum absolute atomic E-state index is 0.487. The monoisotopic (exact) mass is 279 g/mol. The average Bonchev–Trinajstić information content (AvgIpc) is 3.01. The van der Waals surface area contributed by atoms with Gasteiger partial charge < -0.3 is 10.1 Å². The molecule has 0 aromatic carbocycles. The molecule has 2 unspecified atom stereocenters. The van der Waals surface area contributed by atoms with Gasteiger partial charge in [0, 0.05) is 24.1 Å². The molecule has 3 aliphatic carbocycles. The first kappa shape index (κ1) is 14.8. The molecule has 116 valence electrons. The molecule has 1 N–H and O–H groups in total. The van der Waals surface area contributed by atoms with Gasteiger partial charge >= 0.3 is 0 Å². The third-order valence-electron chi connectivity index (χ3n) is 6.51. The van der Waals surface area contributed by atoms with Gasteiger partial charge in [-0.25, -0.2) is 0 Å². The average molecular weight is 279 g/mol. The van der Waals surface area contributed by atoms with Crippen LogP contribution in [0.2, 0.25) is 0 Å². The molecule has 3 fully saturated rings. The molecule has 2 heteroatoms. The topological polar surface area (TPSA) is 21.3 Å². The Bertz CT molecular complexity index is 305. The fourth-order valence-corrected chi connectivity index (χ4v) is 5.21. The smallest absolute Gasteiger partial charge is 0.0661 e. The van der Waals surface area contributed by atoms with Gasteiger partial charge in [0.15, 0.2) is 0 Å². The normalized spacial score (nSPS) is 35.1. The summed E-state index contributed by atoms with van der Waals surface area (Å²) in [6.45, 7) is 5.47. The third kappa shape index (κ3) is 2.66. The van der Waals surface area contributed by atoms with Crippen LogP contribution in [0.3, 0.4) is 0 Å². The largest absolute Gasteiger partial charge is 0.378 e. The van der Waals surface area contributed by atoms with Crippen molar-refractivity contribution in [2.45, 2.75) is 96.2 Å². The molecule has 0 aromatic heterocycles. The lowest BCUT2D eigenvalue weighted by molar-refractivity contribution is -0.152. The highest BCUT2D eigenvalue weighted by Gasteiger charge is 2.55. The Balaban J connectivity index is 1.60. The molecule has 0 aliphatic heterocycles. The van der Waals surface area contributed by atoms with E-state index in [4.69, 9.17) is 4.74 Å². The van der Waals surface area contributed by atoms with Gasteiger partial charge in [0.1, 0.15) is 0 Å². The van der Waals surface area contributed by atoms with Crippen molar-refractivity contribution < 1.29 is 4.74 Å². The first-order valence-corrected chi connectivity index (χ1v) is 9.14. The molecular formula is C18H33NO. The molecule has 3 saturated carbocycles. The van der Waals surface area contributed by atoms with E-state index in [1.165, 1.54) is 64.2 Å². The summed E-state index contributed by atoms with van der Waals surface area (Å²) >= 11 is 0. The second kappa shape index (κ2) is 6.36. The zero-order valence-electron chi connectivity index (χ0n) is 13.5. The van der Waals surface area contributed by atoms with Crippen molar-refractivity contribution in [2.75, 3.05) is 6.61 Å². The van der Waals surface area contributed by atoms with Crippen LogP contribution < -0.4 is 5.32 Å².